The number of hydrogen-bond donors (Lipinski definition) is 0. The van der Waals surface area contributed by atoms with Crippen LogP contribution in [-0.2, 0) is 9.59 Å². The summed E-state index contributed by atoms with van der Waals surface area (Å²) in [6.07, 6.45) is 2.16. The highest BCUT2D eigenvalue weighted by molar-refractivity contribution is 6.05. The molecular weight excluding hydrogens is 154 g/mol. The van der Waals surface area contributed by atoms with Crippen molar-refractivity contribution in [1.82, 2.24) is 4.90 Å². The van der Waals surface area contributed by atoms with Gasteiger partial charge in [0.15, 0.2) is 5.78 Å². The molecule has 1 unspecified atom stereocenters. The normalized spacial score (nSPS) is 20.3. The first kappa shape index (κ1) is 9.23. The van der Waals surface area contributed by atoms with Gasteiger partial charge in [-0.15, -0.1) is 0 Å². The number of nitrogens with zero attached hydrogens (tertiary/aromatic N) is 1. The van der Waals surface area contributed by atoms with Gasteiger partial charge >= 0.3 is 0 Å². The zero-order chi connectivity index (χ0) is 9.14. The molecule has 3 heteroatoms. The minimum absolute atomic E-state index is 0.000880. The molecule has 0 aromatic carbocycles. The number of carbonyl (C=O) groups is 2. The monoisotopic (exact) mass is 169 g/mol. The van der Waals surface area contributed by atoms with Crippen molar-refractivity contribution in [3.05, 3.63) is 0 Å². The van der Waals surface area contributed by atoms with E-state index in [-0.39, 0.29) is 24.2 Å². The standard InChI is InChI=1S/C9H15NO2/c1-3-4-7(2)10-6-8(11)5-9(10)12/h7H,3-6H2,1-2H3. The molecule has 0 saturated carbocycles. The van der Waals surface area contributed by atoms with Crippen molar-refractivity contribution < 1.29 is 9.59 Å². The molecule has 12 heavy (non-hydrogen) atoms. The van der Waals surface area contributed by atoms with Crippen molar-refractivity contribution in [2.24, 2.45) is 0 Å². The van der Waals surface area contributed by atoms with E-state index in [9.17, 15) is 9.59 Å². The van der Waals surface area contributed by atoms with E-state index < -0.39 is 0 Å². The first-order valence-electron chi connectivity index (χ1n) is 4.46. The van der Waals surface area contributed by atoms with E-state index in [1.54, 1.807) is 4.90 Å². The molecule has 0 N–H and O–H groups in total. The summed E-state index contributed by atoms with van der Waals surface area (Å²) < 4.78 is 0. The predicted molar refractivity (Wildman–Crippen MR) is 45.7 cm³/mol. The minimum atomic E-state index is 0.000880. The number of likely N-dealkylation sites (tertiary alicyclic amines) is 1. The second-order valence-electron chi connectivity index (χ2n) is 3.37. The summed E-state index contributed by atoms with van der Waals surface area (Å²) in [5.41, 5.74) is 0. The van der Waals surface area contributed by atoms with Crippen LogP contribution in [0.1, 0.15) is 33.1 Å². The largest absolute Gasteiger partial charge is 0.332 e. The molecule has 1 fully saturated rings. The maximum Gasteiger partial charge on any atom is 0.230 e. The maximum atomic E-state index is 11.2. The fraction of sp³-hybridized carbons (Fsp3) is 0.778. The number of carbonyl (C=O) groups excluding carboxylic acids is 2. The fourth-order valence-electron chi connectivity index (χ4n) is 1.58. The van der Waals surface area contributed by atoms with Crippen LogP contribution in [0.15, 0.2) is 0 Å². The molecule has 68 valence electrons. The lowest BCUT2D eigenvalue weighted by atomic mass is 10.2. The van der Waals surface area contributed by atoms with E-state index in [1.807, 2.05) is 6.92 Å². The highest BCUT2D eigenvalue weighted by atomic mass is 16.2. The molecule has 1 amide bonds. The summed E-state index contributed by atoms with van der Waals surface area (Å²) in [7, 11) is 0. The second-order valence-corrected chi connectivity index (χ2v) is 3.37. The van der Waals surface area contributed by atoms with Crippen LogP contribution in [0, 0.1) is 0 Å². The van der Waals surface area contributed by atoms with E-state index in [4.69, 9.17) is 0 Å². The lowest BCUT2D eigenvalue weighted by Crippen LogP contribution is -2.34. The molecule has 0 bridgehead atoms. The van der Waals surface area contributed by atoms with Crippen LogP contribution in [0.3, 0.4) is 0 Å². The van der Waals surface area contributed by atoms with Gasteiger partial charge < -0.3 is 4.90 Å². The number of amides is 1. The Hall–Kier alpha value is -0.860. The van der Waals surface area contributed by atoms with Crippen LogP contribution in [0.2, 0.25) is 0 Å². The quantitative estimate of drug-likeness (QED) is 0.590. The van der Waals surface area contributed by atoms with E-state index >= 15 is 0 Å². The molecule has 3 nitrogen and oxygen atoms in total. The third kappa shape index (κ3) is 1.84. The molecule has 0 spiro atoms. The Kier molecular flexibility index (Phi) is 2.84. The van der Waals surface area contributed by atoms with Crippen molar-refractivity contribution in [3.63, 3.8) is 0 Å². The van der Waals surface area contributed by atoms with Crippen LogP contribution in [0.25, 0.3) is 0 Å². The molecule has 1 heterocycles. The van der Waals surface area contributed by atoms with Gasteiger partial charge in [0.1, 0.15) is 0 Å². The summed E-state index contributed by atoms with van der Waals surface area (Å²) in [4.78, 5) is 23.8. The van der Waals surface area contributed by atoms with Crippen molar-refractivity contribution >= 4 is 11.7 Å². The van der Waals surface area contributed by atoms with Gasteiger partial charge in [0.2, 0.25) is 5.91 Å². The van der Waals surface area contributed by atoms with Gasteiger partial charge in [-0.25, -0.2) is 0 Å². The Balaban J connectivity index is 2.51. The van der Waals surface area contributed by atoms with Crippen molar-refractivity contribution in [1.29, 1.82) is 0 Å². The zero-order valence-corrected chi connectivity index (χ0v) is 7.67. The van der Waals surface area contributed by atoms with Crippen LogP contribution in [0.4, 0.5) is 0 Å². The van der Waals surface area contributed by atoms with E-state index in [2.05, 4.69) is 6.92 Å². The van der Waals surface area contributed by atoms with E-state index in [0.717, 1.165) is 12.8 Å². The second kappa shape index (κ2) is 3.70. The molecule has 0 aromatic rings. The van der Waals surface area contributed by atoms with Gasteiger partial charge in [-0.05, 0) is 13.3 Å². The highest BCUT2D eigenvalue weighted by Gasteiger charge is 2.30. The summed E-state index contributed by atoms with van der Waals surface area (Å²) >= 11 is 0. The fourth-order valence-corrected chi connectivity index (χ4v) is 1.58. The molecule has 0 aliphatic carbocycles. The molecule has 1 saturated heterocycles. The van der Waals surface area contributed by atoms with E-state index in [0.29, 0.717) is 6.54 Å². The Labute approximate surface area is 72.7 Å². The van der Waals surface area contributed by atoms with Crippen molar-refractivity contribution in [2.75, 3.05) is 6.54 Å². The van der Waals surface area contributed by atoms with Gasteiger partial charge in [0.05, 0.1) is 13.0 Å². The van der Waals surface area contributed by atoms with Crippen molar-refractivity contribution in [3.8, 4) is 0 Å². The lowest BCUT2D eigenvalue weighted by Gasteiger charge is -2.22. The zero-order valence-electron chi connectivity index (χ0n) is 7.67. The molecule has 1 atom stereocenters. The lowest BCUT2D eigenvalue weighted by molar-refractivity contribution is -0.129. The maximum absolute atomic E-state index is 11.2. The number of hydrogen-bond acceptors (Lipinski definition) is 2. The SMILES string of the molecule is CCCC(C)N1CC(=O)CC1=O. The van der Waals surface area contributed by atoms with Gasteiger partial charge in [-0.3, -0.25) is 9.59 Å². The predicted octanol–water partition coefficient (Wildman–Crippen LogP) is 0.976. The Morgan fingerprint density at radius 2 is 2.17 bits per heavy atom. The molecule has 1 rings (SSSR count). The average molecular weight is 169 g/mol. The van der Waals surface area contributed by atoms with Gasteiger partial charge in [0.25, 0.3) is 0 Å². The Morgan fingerprint density at radius 1 is 1.50 bits per heavy atom. The summed E-state index contributed by atoms with van der Waals surface area (Å²) in [6.45, 7) is 4.42. The summed E-state index contributed by atoms with van der Waals surface area (Å²) in [6, 6.07) is 0.231. The first-order chi connectivity index (χ1) is 5.65. The summed E-state index contributed by atoms with van der Waals surface area (Å²) in [5, 5.41) is 0. The van der Waals surface area contributed by atoms with Crippen LogP contribution >= 0.6 is 0 Å². The van der Waals surface area contributed by atoms with Gasteiger partial charge in [0, 0.05) is 6.04 Å². The van der Waals surface area contributed by atoms with Gasteiger partial charge in [-0.1, -0.05) is 13.3 Å². The third-order valence-corrected chi connectivity index (χ3v) is 2.25. The Morgan fingerprint density at radius 3 is 2.58 bits per heavy atom. The molecule has 1 aliphatic heterocycles. The van der Waals surface area contributed by atoms with Crippen molar-refractivity contribution in [2.45, 2.75) is 39.2 Å². The third-order valence-electron chi connectivity index (χ3n) is 2.25. The number of rotatable bonds is 3. The topological polar surface area (TPSA) is 37.4 Å². The smallest absolute Gasteiger partial charge is 0.230 e. The average Bonchev–Trinajstić information content (AvgIpc) is 2.30. The van der Waals surface area contributed by atoms with Crippen LogP contribution in [0.5, 0.6) is 0 Å². The van der Waals surface area contributed by atoms with Crippen LogP contribution < -0.4 is 0 Å². The molecule has 0 aromatic heterocycles. The van der Waals surface area contributed by atoms with Gasteiger partial charge in [-0.2, -0.15) is 0 Å². The minimum Gasteiger partial charge on any atom is -0.332 e. The Bertz CT molecular complexity index is 201. The number of ketones is 1. The number of Topliss-reactive ketones (excluding diaryl/α,β-unsaturated/α-hetero) is 1. The first-order valence-corrected chi connectivity index (χ1v) is 4.46. The molecule has 1 aliphatic rings. The molecule has 0 radical (unpaired) electrons. The van der Waals surface area contributed by atoms with Crippen LogP contribution in [-0.4, -0.2) is 29.2 Å². The highest BCUT2D eigenvalue weighted by Crippen LogP contribution is 2.13. The summed E-state index contributed by atoms with van der Waals surface area (Å²) in [5.74, 6) is 0.0592. The van der Waals surface area contributed by atoms with E-state index in [1.165, 1.54) is 0 Å². The molecular formula is C9H15NO2.